The van der Waals surface area contributed by atoms with Crippen LogP contribution in [0.5, 0.6) is 0 Å². The molecule has 0 radical (unpaired) electrons. The van der Waals surface area contributed by atoms with Gasteiger partial charge in [-0.25, -0.2) is 13.2 Å². The number of rotatable bonds is 11. The minimum absolute atomic E-state index is 0.0980. The predicted molar refractivity (Wildman–Crippen MR) is 112 cm³/mol. The molecule has 10 heteroatoms. The third-order valence-electron chi connectivity index (χ3n) is 3.87. The molecule has 0 bridgehead atoms. The number of hydrogen-bond donors (Lipinski definition) is 2. The summed E-state index contributed by atoms with van der Waals surface area (Å²) in [6.07, 6.45) is 4.05. The molecule has 162 valence electrons. The molecule has 9 nitrogen and oxygen atoms in total. The van der Waals surface area contributed by atoms with Gasteiger partial charge in [0.25, 0.3) is 0 Å². The molecule has 0 saturated heterocycles. The summed E-state index contributed by atoms with van der Waals surface area (Å²) in [6, 6.07) is 9.39. The summed E-state index contributed by atoms with van der Waals surface area (Å²) in [5, 5.41) is 8.96. The number of anilines is 1. The van der Waals surface area contributed by atoms with E-state index in [1.807, 2.05) is 6.92 Å². The van der Waals surface area contributed by atoms with E-state index in [0.717, 1.165) is 6.26 Å². The van der Waals surface area contributed by atoms with Gasteiger partial charge in [0.15, 0.2) is 0 Å². The number of carboxylic acids is 1. The Morgan fingerprint density at radius 3 is 2.47 bits per heavy atom. The molecule has 0 aliphatic carbocycles. The molecule has 2 rings (SSSR count). The highest BCUT2D eigenvalue weighted by molar-refractivity contribution is 7.92. The van der Waals surface area contributed by atoms with Gasteiger partial charge in [0, 0.05) is 24.9 Å². The fourth-order valence-electron chi connectivity index (χ4n) is 2.50. The molecule has 1 amide bonds. The highest BCUT2D eigenvalue weighted by Crippen LogP contribution is 2.14. The van der Waals surface area contributed by atoms with Crippen molar-refractivity contribution in [2.75, 3.05) is 30.7 Å². The molecule has 0 aliphatic heterocycles. The van der Waals surface area contributed by atoms with Crippen molar-refractivity contribution in [1.82, 2.24) is 4.90 Å². The van der Waals surface area contributed by atoms with Gasteiger partial charge < -0.3 is 19.2 Å². The number of carboxylic acid groups (broad SMARTS) is 1. The SMILES string of the molecule is CCOCCN(Cc1ccc(C(=O)O)o1)C(=O)C=Cc1ccc(NS(C)(=O)=O)cc1. The van der Waals surface area contributed by atoms with Gasteiger partial charge in [0.2, 0.25) is 21.7 Å². The number of ether oxygens (including phenoxy) is 1. The summed E-state index contributed by atoms with van der Waals surface area (Å²) in [6.45, 7) is 3.09. The molecule has 1 heterocycles. The quantitative estimate of drug-likeness (QED) is 0.409. The van der Waals surface area contributed by atoms with Crippen LogP contribution in [0.1, 0.15) is 28.8 Å². The van der Waals surface area contributed by atoms with Crippen LogP contribution in [0.15, 0.2) is 46.9 Å². The summed E-state index contributed by atoms with van der Waals surface area (Å²) >= 11 is 0. The monoisotopic (exact) mass is 436 g/mol. The number of benzene rings is 1. The second-order valence-electron chi connectivity index (χ2n) is 6.36. The molecule has 0 spiro atoms. The van der Waals surface area contributed by atoms with Gasteiger partial charge in [0.05, 0.1) is 19.4 Å². The molecule has 0 unspecified atom stereocenters. The molecular weight excluding hydrogens is 412 g/mol. The van der Waals surface area contributed by atoms with E-state index >= 15 is 0 Å². The van der Waals surface area contributed by atoms with E-state index in [1.165, 1.54) is 23.1 Å². The highest BCUT2D eigenvalue weighted by atomic mass is 32.2. The maximum absolute atomic E-state index is 12.6. The molecular formula is C20H24N2O7S. The van der Waals surface area contributed by atoms with E-state index < -0.39 is 16.0 Å². The van der Waals surface area contributed by atoms with Crippen molar-refractivity contribution in [3.63, 3.8) is 0 Å². The minimum Gasteiger partial charge on any atom is -0.475 e. The first kappa shape index (κ1) is 23.2. The topological polar surface area (TPSA) is 126 Å². The van der Waals surface area contributed by atoms with E-state index in [0.29, 0.717) is 36.8 Å². The Bertz CT molecular complexity index is 994. The van der Waals surface area contributed by atoms with Crippen molar-refractivity contribution in [2.45, 2.75) is 13.5 Å². The first-order chi connectivity index (χ1) is 14.2. The molecule has 0 atom stereocenters. The Morgan fingerprint density at radius 2 is 1.90 bits per heavy atom. The van der Waals surface area contributed by atoms with Crippen molar-refractivity contribution in [1.29, 1.82) is 0 Å². The Kier molecular flexibility index (Phi) is 8.19. The number of carbonyl (C=O) groups excluding carboxylic acids is 1. The van der Waals surface area contributed by atoms with Crippen molar-refractivity contribution in [2.24, 2.45) is 0 Å². The average Bonchev–Trinajstić information content (AvgIpc) is 3.14. The van der Waals surface area contributed by atoms with E-state index in [9.17, 15) is 18.0 Å². The molecule has 30 heavy (non-hydrogen) atoms. The zero-order valence-corrected chi connectivity index (χ0v) is 17.5. The molecule has 1 aromatic carbocycles. The predicted octanol–water partition coefficient (Wildman–Crippen LogP) is 2.43. The number of aromatic carboxylic acids is 1. The summed E-state index contributed by atoms with van der Waals surface area (Å²) in [4.78, 5) is 25.1. The van der Waals surface area contributed by atoms with Crippen LogP contribution in [0.25, 0.3) is 6.08 Å². The van der Waals surface area contributed by atoms with Gasteiger partial charge in [-0.1, -0.05) is 12.1 Å². The number of sulfonamides is 1. The minimum atomic E-state index is -3.36. The van der Waals surface area contributed by atoms with Gasteiger partial charge in [-0.2, -0.15) is 0 Å². The van der Waals surface area contributed by atoms with Gasteiger partial charge in [-0.15, -0.1) is 0 Å². The van der Waals surface area contributed by atoms with Crippen LogP contribution < -0.4 is 4.72 Å². The number of nitrogens with zero attached hydrogens (tertiary/aromatic N) is 1. The van der Waals surface area contributed by atoms with Gasteiger partial charge >= 0.3 is 5.97 Å². The van der Waals surface area contributed by atoms with Crippen LogP contribution in [-0.2, 0) is 26.1 Å². The van der Waals surface area contributed by atoms with Gasteiger partial charge in [0.1, 0.15) is 5.76 Å². The lowest BCUT2D eigenvalue weighted by molar-refractivity contribution is -0.127. The Balaban J connectivity index is 2.07. The Labute approximate surface area is 175 Å². The fraction of sp³-hybridized carbons (Fsp3) is 0.300. The van der Waals surface area contributed by atoms with Crippen molar-refractivity contribution >= 4 is 33.7 Å². The van der Waals surface area contributed by atoms with Gasteiger partial charge in [-0.3, -0.25) is 9.52 Å². The summed E-state index contributed by atoms with van der Waals surface area (Å²) < 4.78 is 35.4. The van der Waals surface area contributed by atoms with E-state index in [-0.39, 0.29) is 18.2 Å². The Morgan fingerprint density at radius 1 is 1.20 bits per heavy atom. The average molecular weight is 436 g/mol. The van der Waals surface area contributed by atoms with Gasteiger partial charge in [-0.05, 0) is 42.8 Å². The number of hydrogen-bond acceptors (Lipinski definition) is 6. The van der Waals surface area contributed by atoms with E-state index in [1.54, 1.807) is 30.3 Å². The standard InChI is InChI=1S/C20H24N2O7S/c1-3-28-13-12-22(14-17-9-10-18(29-17)20(24)25)19(23)11-6-15-4-7-16(8-5-15)21-30(2,26)27/h4-11,21H,3,12-14H2,1-2H3,(H,24,25). The van der Waals surface area contributed by atoms with E-state index in [2.05, 4.69) is 4.72 Å². The Hall–Kier alpha value is -3.11. The molecule has 0 fully saturated rings. The molecule has 0 aliphatic rings. The first-order valence-electron chi connectivity index (χ1n) is 9.12. The molecule has 2 aromatic rings. The summed E-state index contributed by atoms with van der Waals surface area (Å²) in [5.74, 6) is -1.33. The third-order valence-corrected chi connectivity index (χ3v) is 4.48. The fourth-order valence-corrected chi connectivity index (χ4v) is 3.07. The second-order valence-corrected chi connectivity index (χ2v) is 8.11. The molecule has 1 aromatic heterocycles. The zero-order chi connectivity index (χ0) is 22.1. The zero-order valence-electron chi connectivity index (χ0n) is 16.7. The lowest BCUT2D eigenvalue weighted by atomic mass is 10.2. The molecule has 0 saturated carbocycles. The lowest BCUT2D eigenvalue weighted by Crippen LogP contribution is -2.32. The van der Waals surface area contributed by atoms with Crippen molar-refractivity contribution in [3.8, 4) is 0 Å². The maximum Gasteiger partial charge on any atom is 0.371 e. The smallest absolute Gasteiger partial charge is 0.371 e. The number of carbonyl (C=O) groups is 2. The number of nitrogens with one attached hydrogen (secondary N) is 1. The van der Waals surface area contributed by atoms with Crippen LogP contribution in [-0.4, -0.2) is 56.3 Å². The lowest BCUT2D eigenvalue weighted by Gasteiger charge is -2.20. The van der Waals surface area contributed by atoms with Crippen LogP contribution in [0, 0.1) is 0 Å². The van der Waals surface area contributed by atoms with Crippen LogP contribution in [0.4, 0.5) is 5.69 Å². The normalized spacial score (nSPS) is 11.5. The summed E-state index contributed by atoms with van der Waals surface area (Å²) in [5.41, 5.74) is 1.13. The number of amides is 1. The molecule has 2 N–H and O–H groups in total. The van der Waals surface area contributed by atoms with Crippen LogP contribution in [0.3, 0.4) is 0 Å². The maximum atomic E-state index is 12.6. The van der Waals surface area contributed by atoms with Crippen molar-refractivity contribution in [3.05, 3.63) is 59.6 Å². The highest BCUT2D eigenvalue weighted by Gasteiger charge is 2.15. The van der Waals surface area contributed by atoms with Crippen LogP contribution >= 0.6 is 0 Å². The van der Waals surface area contributed by atoms with Crippen molar-refractivity contribution < 1.29 is 32.3 Å². The van der Waals surface area contributed by atoms with E-state index in [4.69, 9.17) is 14.3 Å². The third kappa shape index (κ3) is 7.72. The second kappa shape index (κ2) is 10.6. The van der Waals surface area contributed by atoms with Crippen LogP contribution in [0.2, 0.25) is 0 Å². The first-order valence-corrected chi connectivity index (χ1v) is 11.0. The number of furan rings is 1. The summed E-state index contributed by atoms with van der Waals surface area (Å²) in [7, 11) is -3.36. The largest absolute Gasteiger partial charge is 0.475 e.